The summed E-state index contributed by atoms with van der Waals surface area (Å²) in [5, 5.41) is 10.0. The summed E-state index contributed by atoms with van der Waals surface area (Å²) in [5.74, 6) is 3.57. The van der Waals surface area contributed by atoms with Crippen LogP contribution in [0.15, 0.2) is 53.1 Å². The molecule has 1 heterocycles. The molecule has 39 heavy (non-hydrogen) atoms. The molecular formula is C31H34F3NO4. The fraction of sp³-hybridized carbons (Fsp3) is 0.419. The van der Waals surface area contributed by atoms with Crippen molar-refractivity contribution in [2.45, 2.75) is 84.0 Å². The lowest BCUT2D eigenvalue weighted by atomic mass is 10.1. The molecule has 0 aliphatic heterocycles. The number of carbonyl (C=O) groups excluding carboxylic acids is 1. The minimum absolute atomic E-state index is 0.0433. The first kappa shape index (κ1) is 29.8. The van der Waals surface area contributed by atoms with Gasteiger partial charge in [0.1, 0.15) is 11.8 Å². The smallest absolute Gasteiger partial charge is 0.416 e. The van der Waals surface area contributed by atoms with Gasteiger partial charge in [0.25, 0.3) is 0 Å². The van der Waals surface area contributed by atoms with Crippen molar-refractivity contribution in [3.05, 3.63) is 71.0 Å². The van der Waals surface area contributed by atoms with Gasteiger partial charge in [0.2, 0.25) is 0 Å². The number of furan rings is 1. The average Bonchev–Trinajstić information content (AvgIpc) is 3.30. The largest absolute Gasteiger partial charge is 0.474 e. The number of amides is 1. The first-order valence-corrected chi connectivity index (χ1v) is 13.4. The molecule has 0 saturated heterocycles. The van der Waals surface area contributed by atoms with Gasteiger partial charge < -0.3 is 14.4 Å². The summed E-state index contributed by atoms with van der Waals surface area (Å²) in [6.45, 7) is 2.01. The summed E-state index contributed by atoms with van der Waals surface area (Å²) in [7, 11) is 0. The Morgan fingerprint density at radius 2 is 1.51 bits per heavy atom. The number of hydrogen-bond acceptors (Lipinski definition) is 3. The predicted octanol–water partition coefficient (Wildman–Crippen LogP) is 7.95. The van der Waals surface area contributed by atoms with Crippen LogP contribution in [0.1, 0.15) is 87.0 Å². The number of carboxylic acid groups (broad SMARTS) is 1. The molecule has 0 aliphatic carbocycles. The van der Waals surface area contributed by atoms with E-state index in [4.69, 9.17) is 4.42 Å². The van der Waals surface area contributed by atoms with Crippen LogP contribution in [-0.2, 0) is 28.9 Å². The molecule has 0 aliphatic rings. The van der Waals surface area contributed by atoms with Crippen LogP contribution in [0.5, 0.6) is 0 Å². The lowest BCUT2D eigenvalue weighted by Crippen LogP contribution is -2.35. The maximum absolute atomic E-state index is 12.9. The highest BCUT2D eigenvalue weighted by atomic mass is 19.4. The monoisotopic (exact) mass is 541 g/mol. The van der Waals surface area contributed by atoms with Crippen molar-refractivity contribution in [2.24, 2.45) is 0 Å². The van der Waals surface area contributed by atoms with Crippen LogP contribution < -0.4 is 0 Å². The Morgan fingerprint density at radius 1 is 0.897 bits per heavy atom. The van der Waals surface area contributed by atoms with Crippen LogP contribution in [-0.4, -0.2) is 21.9 Å². The number of rotatable bonds is 12. The maximum atomic E-state index is 12.9. The molecule has 2 aromatic carbocycles. The second kappa shape index (κ2) is 14.4. The zero-order valence-corrected chi connectivity index (χ0v) is 22.2. The van der Waals surface area contributed by atoms with E-state index in [1.807, 2.05) is 0 Å². The minimum Gasteiger partial charge on any atom is -0.474 e. The van der Waals surface area contributed by atoms with Gasteiger partial charge in [-0.25, -0.2) is 4.79 Å². The van der Waals surface area contributed by atoms with Crippen LogP contribution in [0.25, 0.3) is 11.0 Å². The van der Waals surface area contributed by atoms with Gasteiger partial charge in [-0.15, -0.1) is 0 Å². The third-order valence-electron chi connectivity index (χ3n) is 6.51. The van der Waals surface area contributed by atoms with Gasteiger partial charge in [-0.2, -0.15) is 13.2 Å². The summed E-state index contributed by atoms with van der Waals surface area (Å²) in [4.78, 5) is 24.9. The third-order valence-corrected chi connectivity index (χ3v) is 6.51. The number of alkyl halides is 3. The van der Waals surface area contributed by atoms with Gasteiger partial charge in [-0.1, -0.05) is 81.9 Å². The summed E-state index contributed by atoms with van der Waals surface area (Å²) >= 11 is 0. The Morgan fingerprint density at radius 3 is 2.15 bits per heavy atom. The number of nitrogens with zero attached hydrogens (tertiary/aromatic N) is 1. The number of benzene rings is 2. The normalized spacial score (nSPS) is 11.3. The van der Waals surface area contributed by atoms with E-state index < -0.39 is 23.6 Å². The highest BCUT2D eigenvalue weighted by Gasteiger charge is 2.30. The number of fused-ring (bicyclic) bond motifs is 1. The van der Waals surface area contributed by atoms with E-state index in [1.54, 1.807) is 24.5 Å². The van der Waals surface area contributed by atoms with Gasteiger partial charge in [-0.05, 0) is 41.8 Å². The first-order valence-electron chi connectivity index (χ1n) is 13.4. The summed E-state index contributed by atoms with van der Waals surface area (Å²) in [5.41, 5.74) is 1.55. The van der Waals surface area contributed by atoms with Crippen LogP contribution in [0.3, 0.4) is 0 Å². The molecule has 0 spiro atoms. The number of carbonyl (C=O) groups is 2. The molecule has 1 aromatic heterocycles. The van der Waals surface area contributed by atoms with Crippen LogP contribution in [0, 0.1) is 11.8 Å². The van der Waals surface area contributed by atoms with E-state index in [0.29, 0.717) is 22.3 Å². The highest BCUT2D eigenvalue weighted by molar-refractivity contribution is 6.31. The van der Waals surface area contributed by atoms with Gasteiger partial charge in [0.05, 0.1) is 11.1 Å². The van der Waals surface area contributed by atoms with E-state index in [1.165, 1.54) is 50.7 Å². The second-order valence-corrected chi connectivity index (χ2v) is 9.67. The highest BCUT2D eigenvalue weighted by Crippen LogP contribution is 2.29. The Labute approximate surface area is 227 Å². The quantitative estimate of drug-likeness (QED) is 0.144. The Hall–Kier alpha value is -3.73. The summed E-state index contributed by atoms with van der Waals surface area (Å²) in [6, 6.07) is 9.56. The van der Waals surface area contributed by atoms with Crippen molar-refractivity contribution in [3.63, 3.8) is 0 Å². The molecule has 0 bridgehead atoms. The van der Waals surface area contributed by atoms with Crippen molar-refractivity contribution >= 4 is 22.8 Å². The first-order chi connectivity index (χ1) is 18.7. The van der Waals surface area contributed by atoms with Crippen molar-refractivity contribution < 1.29 is 32.3 Å². The fourth-order valence-corrected chi connectivity index (χ4v) is 4.35. The lowest BCUT2D eigenvalue weighted by molar-refractivity contribution is -0.156. The van der Waals surface area contributed by atoms with E-state index in [-0.39, 0.29) is 13.1 Å². The maximum Gasteiger partial charge on any atom is 0.416 e. The number of carboxylic acids is 1. The molecule has 1 amide bonds. The molecule has 0 saturated carbocycles. The molecule has 1 N–H and O–H groups in total. The van der Waals surface area contributed by atoms with Gasteiger partial charge in [0.15, 0.2) is 0 Å². The van der Waals surface area contributed by atoms with Crippen LogP contribution in [0.4, 0.5) is 13.2 Å². The zero-order valence-electron chi connectivity index (χ0n) is 22.2. The Bertz CT molecular complexity index is 1300. The third kappa shape index (κ3) is 9.20. The average molecular weight is 542 g/mol. The van der Waals surface area contributed by atoms with Gasteiger partial charge in [0, 0.05) is 24.9 Å². The van der Waals surface area contributed by atoms with E-state index in [0.717, 1.165) is 41.7 Å². The van der Waals surface area contributed by atoms with Gasteiger partial charge >= 0.3 is 18.1 Å². The molecule has 0 atom stereocenters. The second-order valence-electron chi connectivity index (χ2n) is 9.67. The summed E-state index contributed by atoms with van der Waals surface area (Å²) in [6.07, 6.45) is 7.73. The van der Waals surface area contributed by atoms with Crippen molar-refractivity contribution in [1.29, 1.82) is 0 Å². The minimum atomic E-state index is -4.48. The number of aliphatic carboxylic acids is 1. The summed E-state index contributed by atoms with van der Waals surface area (Å²) < 4.78 is 44.2. The van der Waals surface area contributed by atoms with Crippen molar-refractivity contribution in [2.75, 3.05) is 0 Å². The topological polar surface area (TPSA) is 70.8 Å². The molecule has 3 aromatic rings. The zero-order chi connectivity index (χ0) is 28.3. The number of unbranched alkanes of at least 4 members (excludes halogenated alkanes) is 8. The molecule has 0 fully saturated rings. The van der Waals surface area contributed by atoms with E-state index in [2.05, 4.69) is 18.8 Å². The van der Waals surface area contributed by atoms with Crippen molar-refractivity contribution in [1.82, 2.24) is 4.90 Å². The number of hydrogen-bond donors (Lipinski definition) is 1. The van der Waals surface area contributed by atoms with Crippen molar-refractivity contribution in [3.8, 4) is 11.8 Å². The lowest BCUT2D eigenvalue weighted by Gasteiger charge is -2.21. The Kier molecular flexibility index (Phi) is 11.0. The molecule has 208 valence electrons. The fourth-order valence-electron chi connectivity index (χ4n) is 4.35. The van der Waals surface area contributed by atoms with Gasteiger partial charge in [-0.3, -0.25) is 4.79 Å². The standard InChI is InChI=1S/C31H34F3NO4/c1-2-3-4-5-6-7-8-9-10-11-12-25-22-39-28-18-15-24(19-27(25)28)21-35(29(36)30(37)38)20-23-13-16-26(17-14-23)31(32,33)34/h13-19,22H,2-10,20-21H2,1H3,(H,37,38). The van der Waals surface area contributed by atoms with Crippen LogP contribution >= 0.6 is 0 Å². The Balaban J connectivity index is 1.65. The van der Waals surface area contributed by atoms with E-state index >= 15 is 0 Å². The van der Waals surface area contributed by atoms with E-state index in [9.17, 15) is 27.9 Å². The molecule has 0 unspecified atom stereocenters. The molecule has 5 nitrogen and oxygen atoms in total. The number of halogens is 3. The molecule has 0 radical (unpaired) electrons. The predicted molar refractivity (Wildman–Crippen MR) is 144 cm³/mol. The molecule has 8 heteroatoms. The van der Waals surface area contributed by atoms with Crippen LogP contribution in [0.2, 0.25) is 0 Å². The molecule has 3 rings (SSSR count). The SMILES string of the molecule is CCCCCCCCCCC#Cc1coc2ccc(CN(Cc3ccc(C(F)(F)F)cc3)C(=O)C(=O)O)cc12. The molecular weight excluding hydrogens is 507 g/mol.